The second-order valence-corrected chi connectivity index (χ2v) is 7.74. The van der Waals surface area contributed by atoms with Gasteiger partial charge in [-0.2, -0.15) is 0 Å². The molecular formula is C21H26N6O3. The summed E-state index contributed by atoms with van der Waals surface area (Å²) in [4.78, 5) is 29.3. The van der Waals surface area contributed by atoms with Crippen molar-refractivity contribution in [2.24, 2.45) is 0 Å². The van der Waals surface area contributed by atoms with Gasteiger partial charge in [-0.25, -0.2) is 0 Å². The van der Waals surface area contributed by atoms with E-state index in [4.69, 9.17) is 0 Å². The van der Waals surface area contributed by atoms with Crippen LogP contribution in [-0.2, 0) is 0 Å². The summed E-state index contributed by atoms with van der Waals surface area (Å²) in [5.41, 5.74) is 0.276. The minimum absolute atomic E-state index is 0.0701. The number of amides is 1. The molecule has 0 saturated carbocycles. The molecule has 1 amide bonds. The van der Waals surface area contributed by atoms with Gasteiger partial charge in [-0.1, -0.05) is 18.9 Å². The summed E-state index contributed by atoms with van der Waals surface area (Å²) in [5, 5.41) is 19.8. The highest BCUT2D eigenvalue weighted by atomic mass is 16.6. The van der Waals surface area contributed by atoms with Crippen LogP contribution in [0.4, 0.5) is 17.3 Å². The highest BCUT2D eigenvalue weighted by molar-refractivity contribution is 5.95. The summed E-state index contributed by atoms with van der Waals surface area (Å²) in [6.07, 6.45) is 4.96. The third-order valence-electron chi connectivity index (χ3n) is 5.76. The molecule has 0 unspecified atom stereocenters. The first-order valence-electron chi connectivity index (χ1n) is 10.5. The molecule has 0 aliphatic carbocycles. The second-order valence-electron chi connectivity index (χ2n) is 7.74. The normalized spacial score (nSPS) is 17.5. The molecule has 0 radical (unpaired) electrons. The van der Waals surface area contributed by atoms with Gasteiger partial charge in [0.05, 0.1) is 4.92 Å². The summed E-state index contributed by atoms with van der Waals surface area (Å²) in [6.45, 7) is 4.45. The van der Waals surface area contributed by atoms with Crippen molar-refractivity contribution >= 4 is 23.2 Å². The number of non-ortho nitro benzene ring substituents is 1. The average molecular weight is 410 g/mol. The van der Waals surface area contributed by atoms with Crippen LogP contribution in [0.2, 0.25) is 0 Å². The maximum Gasteiger partial charge on any atom is 0.270 e. The molecule has 0 bridgehead atoms. The summed E-state index contributed by atoms with van der Waals surface area (Å²) in [6, 6.07) is 9.93. The van der Waals surface area contributed by atoms with Gasteiger partial charge in [0, 0.05) is 57.0 Å². The number of hydrogen-bond donors (Lipinski definition) is 0. The third kappa shape index (κ3) is 4.50. The third-order valence-corrected chi connectivity index (χ3v) is 5.76. The first-order chi connectivity index (χ1) is 14.6. The number of benzene rings is 1. The van der Waals surface area contributed by atoms with E-state index in [-0.39, 0.29) is 11.6 Å². The molecule has 2 aliphatic rings. The molecule has 9 nitrogen and oxygen atoms in total. The molecule has 158 valence electrons. The fourth-order valence-electron chi connectivity index (χ4n) is 4.03. The van der Waals surface area contributed by atoms with E-state index in [1.54, 1.807) is 17.0 Å². The standard InChI is InChI=1S/C21H26N6O3/c28-21(17-6-5-7-18(16-17)27(29)30)26-14-12-25(13-15-26)20-9-8-19(22-23-20)24-10-3-1-2-4-11-24/h5-9,16H,1-4,10-15H2. The van der Waals surface area contributed by atoms with Crippen molar-refractivity contribution in [2.45, 2.75) is 25.7 Å². The summed E-state index contributed by atoms with van der Waals surface area (Å²) >= 11 is 0. The predicted octanol–water partition coefficient (Wildman–Crippen LogP) is 2.73. The van der Waals surface area contributed by atoms with Gasteiger partial charge in [0.2, 0.25) is 0 Å². The maximum absolute atomic E-state index is 12.7. The van der Waals surface area contributed by atoms with Gasteiger partial charge in [0.15, 0.2) is 11.6 Å². The zero-order chi connectivity index (χ0) is 20.9. The van der Waals surface area contributed by atoms with Gasteiger partial charge in [-0.15, -0.1) is 10.2 Å². The Morgan fingerprint density at radius 1 is 0.833 bits per heavy atom. The Labute approximate surface area is 175 Å². The monoisotopic (exact) mass is 410 g/mol. The number of nitrogens with zero attached hydrogens (tertiary/aromatic N) is 6. The number of rotatable bonds is 4. The minimum Gasteiger partial charge on any atom is -0.355 e. The molecule has 0 atom stereocenters. The van der Waals surface area contributed by atoms with Crippen molar-refractivity contribution in [3.05, 3.63) is 52.1 Å². The lowest BCUT2D eigenvalue weighted by atomic mass is 10.1. The first-order valence-corrected chi connectivity index (χ1v) is 10.5. The zero-order valence-electron chi connectivity index (χ0n) is 16.9. The number of nitro benzene ring substituents is 1. The SMILES string of the molecule is O=C(c1cccc([N+](=O)[O-])c1)N1CCN(c2ccc(N3CCCCCC3)nn2)CC1. The molecular weight excluding hydrogens is 384 g/mol. The molecule has 2 aromatic rings. The smallest absolute Gasteiger partial charge is 0.270 e. The second kappa shape index (κ2) is 9.06. The van der Waals surface area contributed by atoms with Crippen molar-refractivity contribution in [3.8, 4) is 0 Å². The zero-order valence-corrected chi connectivity index (χ0v) is 16.9. The van der Waals surface area contributed by atoms with E-state index in [0.717, 1.165) is 24.7 Å². The Bertz CT molecular complexity index is 888. The number of carbonyl (C=O) groups excluding carboxylic acids is 1. The van der Waals surface area contributed by atoms with Crippen LogP contribution in [0.3, 0.4) is 0 Å². The molecule has 3 heterocycles. The average Bonchev–Trinajstić information content (AvgIpc) is 3.08. The van der Waals surface area contributed by atoms with Gasteiger partial charge in [0.1, 0.15) is 0 Å². The van der Waals surface area contributed by atoms with E-state index in [1.165, 1.54) is 37.8 Å². The van der Waals surface area contributed by atoms with Gasteiger partial charge in [-0.3, -0.25) is 14.9 Å². The lowest BCUT2D eigenvalue weighted by Crippen LogP contribution is -2.49. The van der Waals surface area contributed by atoms with Crippen LogP contribution in [0.15, 0.2) is 36.4 Å². The number of carbonyl (C=O) groups is 1. The molecule has 4 rings (SSSR count). The van der Waals surface area contributed by atoms with Gasteiger partial charge >= 0.3 is 0 Å². The van der Waals surface area contributed by atoms with Crippen molar-refractivity contribution in [2.75, 3.05) is 49.1 Å². The van der Waals surface area contributed by atoms with Crippen LogP contribution >= 0.6 is 0 Å². The van der Waals surface area contributed by atoms with E-state index in [0.29, 0.717) is 31.7 Å². The van der Waals surface area contributed by atoms with E-state index in [9.17, 15) is 14.9 Å². The number of nitro groups is 1. The quantitative estimate of drug-likeness (QED) is 0.565. The highest BCUT2D eigenvalue weighted by Gasteiger charge is 2.24. The lowest BCUT2D eigenvalue weighted by molar-refractivity contribution is -0.384. The Balaban J connectivity index is 1.35. The Kier molecular flexibility index (Phi) is 6.06. The Morgan fingerprint density at radius 3 is 2.00 bits per heavy atom. The van der Waals surface area contributed by atoms with Gasteiger partial charge in [-0.05, 0) is 31.0 Å². The lowest BCUT2D eigenvalue weighted by Gasteiger charge is -2.35. The molecule has 1 aromatic carbocycles. The summed E-state index contributed by atoms with van der Waals surface area (Å²) in [7, 11) is 0. The topological polar surface area (TPSA) is 95.7 Å². The fraction of sp³-hybridized carbons (Fsp3) is 0.476. The van der Waals surface area contributed by atoms with E-state index < -0.39 is 4.92 Å². The van der Waals surface area contributed by atoms with Crippen LogP contribution in [0.25, 0.3) is 0 Å². The van der Waals surface area contributed by atoms with E-state index in [2.05, 4.69) is 20.0 Å². The highest BCUT2D eigenvalue weighted by Crippen LogP contribution is 2.21. The van der Waals surface area contributed by atoms with Crippen LogP contribution < -0.4 is 9.80 Å². The van der Waals surface area contributed by atoms with Crippen molar-refractivity contribution in [1.82, 2.24) is 15.1 Å². The summed E-state index contributed by atoms with van der Waals surface area (Å²) in [5.74, 6) is 1.57. The van der Waals surface area contributed by atoms with Gasteiger partial charge < -0.3 is 14.7 Å². The Morgan fingerprint density at radius 2 is 1.43 bits per heavy atom. The van der Waals surface area contributed by atoms with E-state index >= 15 is 0 Å². The van der Waals surface area contributed by atoms with Gasteiger partial charge in [0.25, 0.3) is 11.6 Å². The molecule has 9 heteroatoms. The Hall–Kier alpha value is -3.23. The first kappa shape index (κ1) is 20.1. The molecule has 2 saturated heterocycles. The van der Waals surface area contributed by atoms with Crippen LogP contribution in [0, 0.1) is 10.1 Å². The number of piperazine rings is 1. The molecule has 30 heavy (non-hydrogen) atoms. The largest absolute Gasteiger partial charge is 0.355 e. The number of hydrogen-bond acceptors (Lipinski definition) is 7. The van der Waals surface area contributed by atoms with Crippen LogP contribution in [-0.4, -0.2) is 65.2 Å². The van der Waals surface area contributed by atoms with Crippen molar-refractivity contribution < 1.29 is 9.72 Å². The molecule has 0 N–H and O–H groups in total. The van der Waals surface area contributed by atoms with Crippen LogP contribution in [0.5, 0.6) is 0 Å². The van der Waals surface area contributed by atoms with Crippen molar-refractivity contribution in [1.29, 1.82) is 0 Å². The molecule has 1 aromatic heterocycles. The van der Waals surface area contributed by atoms with Crippen molar-refractivity contribution in [3.63, 3.8) is 0 Å². The summed E-state index contributed by atoms with van der Waals surface area (Å²) < 4.78 is 0. The molecule has 2 aliphatic heterocycles. The predicted molar refractivity (Wildman–Crippen MR) is 114 cm³/mol. The fourth-order valence-corrected chi connectivity index (χ4v) is 4.03. The number of aromatic nitrogens is 2. The van der Waals surface area contributed by atoms with Crippen LogP contribution in [0.1, 0.15) is 36.0 Å². The molecule has 0 spiro atoms. The minimum atomic E-state index is -0.483. The van der Waals surface area contributed by atoms with E-state index in [1.807, 2.05) is 12.1 Å². The maximum atomic E-state index is 12.7. The number of anilines is 2. The molecule has 2 fully saturated rings.